The normalized spacial score (nSPS) is 12.9. The first-order valence-corrected chi connectivity index (χ1v) is 7.63. The maximum atomic E-state index is 11.2. The van der Waals surface area contributed by atoms with Crippen LogP contribution in [-0.4, -0.2) is 31.2 Å². The summed E-state index contributed by atoms with van der Waals surface area (Å²) >= 11 is 1.66. The molecule has 6 heteroatoms. The molecular weight excluding hydrogens is 302 g/mol. The van der Waals surface area contributed by atoms with E-state index < -0.39 is 5.97 Å². The summed E-state index contributed by atoms with van der Waals surface area (Å²) < 4.78 is 10.8. The van der Waals surface area contributed by atoms with Gasteiger partial charge in [0.2, 0.25) is 0 Å². The number of methoxy groups -OCH3 is 2. The van der Waals surface area contributed by atoms with Crippen LogP contribution in [0.1, 0.15) is 10.4 Å². The zero-order valence-corrected chi connectivity index (χ0v) is 13.0. The molecule has 114 valence electrons. The molecule has 0 fully saturated rings. The van der Waals surface area contributed by atoms with Gasteiger partial charge >= 0.3 is 5.97 Å². The average Bonchev–Trinajstić information content (AvgIpc) is 2.96. The molecule has 0 saturated carbocycles. The van der Waals surface area contributed by atoms with E-state index in [1.165, 1.54) is 0 Å². The summed E-state index contributed by atoms with van der Waals surface area (Å²) in [4.78, 5) is 14.3. The van der Waals surface area contributed by atoms with Crippen molar-refractivity contribution in [3.63, 3.8) is 0 Å². The number of rotatable bonds is 4. The van der Waals surface area contributed by atoms with Crippen molar-refractivity contribution in [2.45, 2.75) is 4.90 Å². The largest absolute Gasteiger partial charge is 0.493 e. The highest BCUT2D eigenvalue weighted by atomic mass is 32.2. The van der Waals surface area contributed by atoms with Crippen LogP contribution in [0.2, 0.25) is 0 Å². The van der Waals surface area contributed by atoms with E-state index in [0.717, 1.165) is 16.3 Å². The Labute approximate surface area is 132 Å². The molecule has 0 saturated heterocycles. The van der Waals surface area contributed by atoms with Crippen molar-refractivity contribution >= 4 is 29.1 Å². The van der Waals surface area contributed by atoms with Crippen LogP contribution >= 0.6 is 11.8 Å². The van der Waals surface area contributed by atoms with Crippen LogP contribution in [0.25, 0.3) is 0 Å². The maximum absolute atomic E-state index is 11.2. The Morgan fingerprint density at radius 3 is 2.68 bits per heavy atom. The summed E-state index contributed by atoms with van der Waals surface area (Å²) in [7, 11) is 3.19. The molecular formula is C16H15NO4S. The van der Waals surface area contributed by atoms with Crippen LogP contribution in [0.5, 0.6) is 11.5 Å². The molecule has 0 bridgehead atoms. The number of nitrogens with zero attached hydrogens (tertiary/aromatic N) is 1. The predicted molar refractivity (Wildman–Crippen MR) is 85.8 cm³/mol. The fourth-order valence-electron chi connectivity index (χ4n) is 2.47. The molecule has 2 aromatic rings. The Bertz CT molecular complexity index is 732. The monoisotopic (exact) mass is 317 g/mol. The molecule has 0 unspecified atom stereocenters. The predicted octanol–water partition coefficient (Wildman–Crippen LogP) is 3.60. The van der Waals surface area contributed by atoms with Crippen molar-refractivity contribution in [2.24, 2.45) is 0 Å². The molecule has 3 rings (SSSR count). The van der Waals surface area contributed by atoms with Crippen LogP contribution in [0.4, 0.5) is 11.4 Å². The third kappa shape index (κ3) is 2.35. The van der Waals surface area contributed by atoms with Gasteiger partial charge in [-0.25, -0.2) is 4.79 Å². The average molecular weight is 317 g/mol. The van der Waals surface area contributed by atoms with Crippen LogP contribution in [0.15, 0.2) is 41.3 Å². The lowest BCUT2D eigenvalue weighted by Gasteiger charge is -2.22. The second kappa shape index (κ2) is 5.81. The third-order valence-corrected chi connectivity index (χ3v) is 4.56. The fourth-order valence-corrected chi connectivity index (χ4v) is 3.50. The summed E-state index contributed by atoms with van der Waals surface area (Å²) in [6.07, 6.45) is 0. The number of hydrogen-bond donors (Lipinski definition) is 1. The van der Waals surface area contributed by atoms with E-state index >= 15 is 0 Å². The molecule has 0 aliphatic carbocycles. The van der Waals surface area contributed by atoms with Crippen molar-refractivity contribution in [1.82, 2.24) is 0 Å². The molecule has 5 nitrogen and oxygen atoms in total. The Hall–Kier alpha value is -2.34. The number of fused-ring (bicyclic) bond motifs is 1. The molecule has 1 N–H and O–H groups in total. The summed E-state index contributed by atoms with van der Waals surface area (Å²) in [6.45, 7) is 0. The van der Waals surface area contributed by atoms with E-state index in [2.05, 4.69) is 0 Å². The van der Waals surface area contributed by atoms with Crippen LogP contribution in [-0.2, 0) is 0 Å². The summed E-state index contributed by atoms with van der Waals surface area (Å²) in [5.41, 5.74) is 2.00. The number of carbonyl (C=O) groups is 1. The van der Waals surface area contributed by atoms with Gasteiger partial charge in [0.25, 0.3) is 0 Å². The molecule has 0 radical (unpaired) electrons. The van der Waals surface area contributed by atoms with Gasteiger partial charge < -0.3 is 19.5 Å². The zero-order chi connectivity index (χ0) is 15.7. The van der Waals surface area contributed by atoms with E-state index in [1.54, 1.807) is 38.1 Å². The highest BCUT2D eigenvalue weighted by Crippen LogP contribution is 2.48. The first kappa shape index (κ1) is 14.6. The lowest BCUT2D eigenvalue weighted by Crippen LogP contribution is -2.13. The van der Waals surface area contributed by atoms with Crippen molar-refractivity contribution in [2.75, 3.05) is 25.0 Å². The number of benzene rings is 2. The molecule has 2 aromatic carbocycles. The third-order valence-electron chi connectivity index (χ3n) is 3.52. The summed E-state index contributed by atoms with van der Waals surface area (Å²) in [5.74, 6) is 1.05. The first-order valence-electron chi connectivity index (χ1n) is 6.64. The number of anilines is 2. The number of ether oxygens (including phenoxy) is 2. The van der Waals surface area contributed by atoms with Gasteiger partial charge in [-0.2, -0.15) is 0 Å². The fraction of sp³-hybridized carbons (Fsp3) is 0.188. The number of aromatic carboxylic acids is 1. The van der Waals surface area contributed by atoms with Gasteiger partial charge in [-0.1, -0.05) is 6.07 Å². The van der Waals surface area contributed by atoms with Gasteiger partial charge in [0.05, 0.1) is 37.0 Å². The van der Waals surface area contributed by atoms with E-state index in [-0.39, 0.29) is 5.56 Å². The molecule has 0 amide bonds. The van der Waals surface area contributed by atoms with Crippen LogP contribution < -0.4 is 14.4 Å². The smallest absolute Gasteiger partial charge is 0.335 e. The van der Waals surface area contributed by atoms with Gasteiger partial charge in [-0.15, -0.1) is 11.8 Å². The van der Waals surface area contributed by atoms with Gasteiger partial charge in [0, 0.05) is 4.90 Å². The topological polar surface area (TPSA) is 59.0 Å². The molecule has 0 aromatic heterocycles. The number of carboxylic acid groups (broad SMARTS) is 1. The van der Waals surface area contributed by atoms with Gasteiger partial charge in [0.1, 0.15) is 0 Å². The second-order valence-corrected chi connectivity index (χ2v) is 5.69. The molecule has 1 aliphatic rings. The van der Waals surface area contributed by atoms with Gasteiger partial charge in [-0.05, 0) is 30.3 Å². The minimum atomic E-state index is -0.933. The summed E-state index contributed by atoms with van der Waals surface area (Å²) in [5, 5.41) is 9.19. The molecule has 1 heterocycles. The van der Waals surface area contributed by atoms with Crippen molar-refractivity contribution < 1.29 is 19.4 Å². The lowest BCUT2D eigenvalue weighted by atomic mass is 10.1. The Morgan fingerprint density at radius 1 is 1.18 bits per heavy atom. The molecule has 0 atom stereocenters. The van der Waals surface area contributed by atoms with Crippen LogP contribution in [0, 0.1) is 0 Å². The number of hydrogen-bond acceptors (Lipinski definition) is 5. The summed E-state index contributed by atoms with van der Waals surface area (Å²) in [6, 6.07) is 10.8. The highest BCUT2D eigenvalue weighted by Gasteiger charge is 2.26. The highest BCUT2D eigenvalue weighted by molar-refractivity contribution is 7.99. The van der Waals surface area contributed by atoms with E-state index in [0.29, 0.717) is 17.4 Å². The maximum Gasteiger partial charge on any atom is 0.335 e. The Morgan fingerprint density at radius 2 is 2.00 bits per heavy atom. The molecule has 1 aliphatic heterocycles. The molecule has 22 heavy (non-hydrogen) atoms. The van der Waals surface area contributed by atoms with Gasteiger partial charge in [-0.3, -0.25) is 0 Å². The second-order valence-electron chi connectivity index (χ2n) is 4.70. The quantitative estimate of drug-likeness (QED) is 0.929. The SMILES string of the molecule is COc1cccc(N2CSc3ccc(C(=O)O)cc32)c1OC. The van der Waals surface area contributed by atoms with E-state index in [1.807, 2.05) is 29.2 Å². The Balaban J connectivity index is 2.10. The minimum Gasteiger partial charge on any atom is -0.493 e. The van der Waals surface area contributed by atoms with E-state index in [4.69, 9.17) is 9.47 Å². The van der Waals surface area contributed by atoms with Crippen LogP contribution in [0.3, 0.4) is 0 Å². The lowest BCUT2D eigenvalue weighted by molar-refractivity contribution is 0.0697. The van der Waals surface area contributed by atoms with Crippen molar-refractivity contribution in [1.29, 1.82) is 0 Å². The number of thioether (sulfide) groups is 1. The van der Waals surface area contributed by atoms with Gasteiger partial charge in [0.15, 0.2) is 11.5 Å². The minimum absolute atomic E-state index is 0.271. The Kier molecular flexibility index (Phi) is 3.85. The number of para-hydroxylation sites is 1. The standard InChI is InChI=1S/C16H15NO4S/c1-20-13-5-3-4-11(15(13)21-2)17-9-22-14-7-6-10(16(18)19)8-12(14)17/h3-8H,9H2,1-2H3,(H,18,19). The van der Waals surface area contributed by atoms with Crippen molar-refractivity contribution in [3.8, 4) is 11.5 Å². The first-order chi connectivity index (χ1) is 10.7. The molecule has 0 spiro atoms. The zero-order valence-electron chi connectivity index (χ0n) is 12.2. The van der Waals surface area contributed by atoms with E-state index in [9.17, 15) is 9.90 Å². The number of carboxylic acids is 1. The van der Waals surface area contributed by atoms with Crippen molar-refractivity contribution in [3.05, 3.63) is 42.0 Å².